The van der Waals surface area contributed by atoms with Crippen LogP contribution in [0.3, 0.4) is 0 Å². The van der Waals surface area contributed by atoms with Gasteiger partial charge in [-0.25, -0.2) is 0 Å². The molecule has 3 heteroatoms. The molecule has 0 bridgehead atoms. The average Bonchev–Trinajstić information content (AvgIpc) is 2.86. The Balaban J connectivity index is 1.79. The highest BCUT2D eigenvalue weighted by atomic mass is 16.5. The molecule has 0 unspecified atom stereocenters. The molecular weight excluding hydrogens is 224 g/mol. The molecule has 3 nitrogen and oxygen atoms in total. The second-order valence-electron chi connectivity index (χ2n) is 6.52. The highest BCUT2D eigenvalue weighted by Crippen LogP contribution is 2.34. The summed E-state index contributed by atoms with van der Waals surface area (Å²) in [6.07, 6.45) is 5.83. The summed E-state index contributed by atoms with van der Waals surface area (Å²) in [5.41, 5.74) is 1.60. The molecule has 1 aromatic rings. The maximum atomic E-state index is 5.89. The van der Waals surface area contributed by atoms with Gasteiger partial charge < -0.3 is 14.6 Å². The molecule has 0 saturated carbocycles. The summed E-state index contributed by atoms with van der Waals surface area (Å²) in [6, 6.07) is 2.17. The molecule has 1 aromatic heterocycles. The van der Waals surface area contributed by atoms with Gasteiger partial charge in [-0.1, -0.05) is 20.8 Å². The van der Waals surface area contributed by atoms with Crippen LogP contribution in [0.2, 0.25) is 0 Å². The molecule has 18 heavy (non-hydrogen) atoms. The molecule has 0 aromatic carbocycles. The quantitative estimate of drug-likeness (QED) is 0.889. The van der Waals surface area contributed by atoms with E-state index in [1.54, 1.807) is 0 Å². The first-order chi connectivity index (χ1) is 8.47. The maximum Gasteiger partial charge on any atom is 0.0664 e. The van der Waals surface area contributed by atoms with Crippen LogP contribution >= 0.6 is 0 Å². The van der Waals surface area contributed by atoms with Gasteiger partial charge in [-0.2, -0.15) is 0 Å². The van der Waals surface area contributed by atoms with Crippen molar-refractivity contribution < 1.29 is 4.74 Å². The van der Waals surface area contributed by atoms with Crippen LogP contribution in [0, 0.1) is 11.3 Å². The number of ether oxygens (including phenoxy) is 1. The normalized spacial score (nSPS) is 24.7. The summed E-state index contributed by atoms with van der Waals surface area (Å²) < 4.78 is 7.98. The van der Waals surface area contributed by atoms with E-state index in [-0.39, 0.29) is 5.41 Å². The Morgan fingerprint density at radius 1 is 1.44 bits per heavy atom. The maximum absolute atomic E-state index is 5.89. The predicted octanol–water partition coefficient (Wildman–Crippen LogP) is 2.57. The van der Waals surface area contributed by atoms with Crippen LogP contribution < -0.4 is 5.32 Å². The van der Waals surface area contributed by atoms with E-state index in [4.69, 9.17) is 4.74 Å². The van der Waals surface area contributed by atoms with Crippen LogP contribution in [-0.2, 0) is 18.3 Å². The first-order valence-electron chi connectivity index (χ1n) is 6.90. The fourth-order valence-electron chi connectivity index (χ4n) is 2.87. The standard InChI is InChI=1S/C15H26N2O/c1-15(2,3)14-13(6-8-18-14)10-16-9-12-5-7-17(4)11-12/h5,7,11,13-14,16H,6,8-10H2,1-4H3/t13-,14+/m1/s1. The zero-order chi connectivity index (χ0) is 13.2. The van der Waals surface area contributed by atoms with Crippen molar-refractivity contribution in [2.75, 3.05) is 13.2 Å². The molecule has 1 aliphatic rings. The van der Waals surface area contributed by atoms with Crippen LogP contribution in [0.25, 0.3) is 0 Å². The van der Waals surface area contributed by atoms with E-state index in [9.17, 15) is 0 Å². The lowest BCUT2D eigenvalue weighted by atomic mass is 9.81. The summed E-state index contributed by atoms with van der Waals surface area (Å²) in [5.74, 6) is 0.647. The van der Waals surface area contributed by atoms with E-state index in [1.165, 1.54) is 12.0 Å². The van der Waals surface area contributed by atoms with E-state index >= 15 is 0 Å². The van der Waals surface area contributed by atoms with Gasteiger partial charge in [0.15, 0.2) is 0 Å². The molecule has 0 aliphatic carbocycles. The lowest BCUT2D eigenvalue weighted by molar-refractivity contribution is 0.00721. The average molecular weight is 250 g/mol. The van der Waals surface area contributed by atoms with Crippen LogP contribution in [0.5, 0.6) is 0 Å². The molecule has 1 aliphatic heterocycles. The molecular formula is C15H26N2O. The van der Waals surface area contributed by atoms with Gasteiger partial charge in [0.1, 0.15) is 0 Å². The van der Waals surface area contributed by atoms with E-state index in [0.717, 1.165) is 19.7 Å². The van der Waals surface area contributed by atoms with Gasteiger partial charge >= 0.3 is 0 Å². The summed E-state index contributed by atoms with van der Waals surface area (Å²) in [6.45, 7) is 9.73. The smallest absolute Gasteiger partial charge is 0.0664 e. The molecule has 0 amide bonds. The molecule has 1 fully saturated rings. The summed E-state index contributed by atoms with van der Waals surface area (Å²) in [4.78, 5) is 0. The third kappa shape index (κ3) is 3.36. The molecule has 2 rings (SSSR count). The number of hydrogen-bond acceptors (Lipinski definition) is 2. The molecule has 0 spiro atoms. The molecule has 2 heterocycles. The number of hydrogen-bond donors (Lipinski definition) is 1. The highest BCUT2D eigenvalue weighted by molar-refractivity contribution is 5.09. The lowest BCUT2D eigenvalue weighted by Crippen LogP contribution is -2.36. The number of aromatic nitrogens is 1. The number of aryl methyl sites for hydroxylation is 1. The zero-order valence-electron chi connectivity index (χ0n) is 12.1. The van der Waals surface area contributed by atoms with Crippen molar-refractivity contribution in [1.82, 2.24) is 9.88 Å². The Labute approximate surface area is 111 Å². The lowest BCUT2D eigenvalue weighted by Gasteiger charge is -2.31. The zero-order valence-corrected chi connectivity index (χ0v) is 12.1. The second kappa shape index (κ2) is 5.45. The van der Waals surface area contributed by atoms with Gasteiger partial charge in [0, 0.05) is 45.1 Å². The van der Waals surface area contributed by atoms with Crippen molar-refractivity contribution in [2.45, 2.75) is 39.8 Å². The Kier molecular flexibility index (Phi) is 4.13. The largest absolute Gasteiger partial charge is 0.377 e. The monoisotopic (exact) mass is 250 g/mol. The van der Waals surface area contributed by atoms with Crippen molar-refractivity contribution in [3.05, 3.63) is 24.0 Å². The third-order valence-corrected chi connectivity index (χ3v) is 3.70. The predicted molar refractivity (Wildman–Crippen MR) is 74.4 cm³/mol. The summed E-state index contributed by atoms with van der Waals surface area (Å²) >= 11 is 0. The minimum Gasteiger partial charge on any atom is -0.377 e. The number of rotatable bonds is 4. The van der Waals surface area contributed by atoms with Crippen molar-refractivity contribution in [2.24, 2.45) is 18.4 Å². The van der Waals surface area contributed by atoms with Gasteiger partial charge in [-0.05, 0) is 23.5 Å². The Morgan fingerprint density at radius 2 is 2.22 bits per heavy atom. The number of nitrogens with zero attached hydrogens (tertiary/aromatic N) is 1. The first kappa shape index (κ1) is 13.6. The number of nitrogens with one attached hydrogen (secondary N) is 1. The van der Waals surface area contributed by atoms with E-state index in [0.29, 0.717) is 12.0 Å². The SMILES string of the molecule is Cn1ccc(CNC[C@H]2CCO[C@@H]2C(C)(C)C)c1. The van der Waals surface area contributed by atoms with Crippen LogP contribution in [0.15, 0.2) is 18.5 Å². The van der Waals surface area contributed by atoms with E-state index in [2.05, 4.69) is 56.2 Å². The third-order valence-electron chi connectivity index (χ3n) is 3.70. The topological polar surface area (TPSA) is 26.2 Å². The fraction of sp³-hybridized carbons (Fsp3) is 0.733. The van der Waals surface area contributed by atoms with Crippen molar-refractivity contribution in [3.8, 4) is 0 Å². The van der Waals surface area contributed by atoms with Gasteiger partial charge in [-0.3, -0.25) is 0 Å². The second-order valence-corrected chi connectivity index (χ2v) is 6.52. The van der Waals surface area contributed by atoms with Gasteiger partial charge in [0.2, 0.25) is 0 Å². The Hall–Kier alpha value is -0.800. The van der Waals surface area contributed by atoms with Gasteiger partial charge in [-0.15, -0.1) is 0 Å². The van der Waals surface area contributed by atoms with Crippen LogP contribution in [-0.4, -0.2) is 23.8 Å². The fourth-order valence-corrected chi connectivity index (χ4v) is 2.87. The van der Waals surface area contributed by atoms with Crippen molar-refractivity contribution >= 4 is 0 Å². The summed E-state index contributed by atoms with van der Waals surface area (Å²) in [7, 11) is 2.06. The molecule has 1 N–H and O–H groups in total. The highest BCUT2D eigenvalue weighted by Gasteiger charge is 2.36. The summed E-state index contributed by atoms with van der Waals surface area (Å²) in [5, 5.41) is 3.57. The van der Waals surface area contributed by atoms with Crippen molar-refractivity contribution in [3.63, 3.8) is 0 Å². The minimum absolute atomic E-state index is 0.246. The Morgan fingerprint density at radius 3 is 2.83 bits per heavy atom. The molecule has 102 valence electrons. The molecule has 1 saturated heterocycles. The van der Waals surface area contributed by atoms with Crippen LogP contribution in [0.4, 0.5) is 0 Å². The van der Waals surface area contributed by atoms with E-state index < -0.39 is 0 Å². The van der Waals surface area contributed by atoms with E-state index in [1.807, 2.05) is 0 Å². The van der Waals surface area contributed by atoms with Gasteiger partial charge in [0.05, 0.1) is 6.10 Å². The van der Waals surface area contributed by atoms with Crippen LogP contribution in [0.1, 0.15) is 32.8 Å². The van der Waals surface area contributed by atoms with Crippen molar-refractivity contribution in [1.29, 1.82) is 0 Å². The Bertz CT molecular complexity index is 378. The van der Waals surface area contributed by atoms with Gasteiger partial charge in [0.25, 0.3) is 0 Å². The first-order valence-corrected chi connectivity index (χ1v) is 6.90. The molecule has 0 radical (unpaired) electrons. The molecule has 2 atom stereocenters. The minimum atomic E-state index is 0.246.